The van der Waals surface area contributed by atoms with Crippen molar-refractivity contribution in [1.82, 2.24) is 14.1 Å². The zero-order valence-electron chi connectivity index (χ0n) is 43.2. The summed E-state index contributed by atoms with van der Waals surface area (Å²) in [5, 5.41) is 9.61. The average Bonchev–Trinajstić information content (AvgIpc) is 4.19. The highest BCUT2D eigenvalue weighted by Gasteiger charge is 2.21. The van der Waals surface area contributed by atoms with Crippen LogP contribution in [-0.2, 0) is 0 Å². The number of rotatable bonds is 6. The van der Waals surface area contributed by atoms with Crippen LogP contribution in [-0.4, -0.2) is 14.1 Å². The molecule has 5 heterocycles. The van der Waals surface area contributed by atoms with Gasteiger partial charge in [-0.15, -0.1) is 11.3 Å². The number of fused-ring (bicyclic) bond motifs is 12. The fourth-order valence-corrected chi connectivity index (χ4v) is 14.1. The Morgan fingerprint density at radius 2 is 0.763 bits per heavy atom. The van der Waals surface area contributed by atoms with E-state index in [-0.39, 0.29) is 0 Å². The van der Waals surface area contributed by atoms with Gasteiger partial charge in [0, 0.05) is 75.0 Å². The molecule has 0 N–H and O–H groups in total. The summed E-state index contributed by atoms with van der Waals surface area (Å²) in [6.45, 7) is 13.3. The van der Waals surface area contributed by atoms with Crippen LogP contribution in [0.25, 0.3) is 142 Å². The van der Waals surface area contributed by atoms with Crippen molar-refractivity contribution in [1.29, 1.82) is 0 Å². The quantitative estimate of drug-likeness (QED) is 0.166. The van der Waals surface area contributed by atoms with Gasteiger partial charge >= 0.3 is 0 Å². The standard InChI is InChI=1S/C71H51N3OS/c1-40-30-42(3)70(43(4)31-40)48-20-26-64-56(36-48)54-34-46(18-24-62(54)73(64)50-22-28-67-58(38-50)52-12-7-9-16-66(52)75-67)60-14-11-15-61(72-60)47-19-25-63-55(35-47)57-37-49(71-44(5)32-41(2)33-45(71)6)21-27-65(57)74(63)51-23-29-69-59(39-51)53-13-8-10-17-68(53)76-69/h7-39H,1-6H3. The molecule has 4 nitrogen and oxygen atoms in total. The predicted molar refractivity (Wildman–Crippen MR) is 323 cm³/mol. The number of furan rings is 1. The van der Waals surface area contributed by atoms with Crippen LogP contribution in [0.15, 0.2) is 205 Å². The number of para-hydroxylation sites is 1. The van der Waals surface area contributed by atoms with E-state index < -0.39 is 0 Å². The van der Waals surface area contributed by atoms with E-state index in [1.165, 1.54) is 108 Å². The van der Waals surface area contributed by atoms with Crippen LogP contribution >= 0.6 is 11.3 Å². The lowest BCUT2D eigenvalue weighted by Crippen LogP contribution is -1.94. The zero-order valence-corrected chi connectivity index (χ0v) is 44.0. The first-order valence-corrected chi connectivity index (χ1v) is 27.1. The minimum absolute atomic E-state index is 0.887. The first kappa shape index (κ1) is 44.5. The van der Waals surface area contributed by atoms with E-state index in [9.17, 15) is 0 Å². The lowest BCUT2D eigenvalue weighted by atomic mass is 9.93. The number of hydrogen-bond acceptors (Lipinski definition) is 3. The molecule has 0 aliphatic carbocycles. The zero-order chi connectivity index (χ0) is 51.1. The van der Waals surface area contributed by atoms with Crippen LogP contribution < -0.4 is 0 Å². The molecule has 5 aromatic heterocycles. The first-order valence-electron chi connectivity index (χ1n) is 26.2. The highest BCUT2D eigenvalue weighted by Crippen LogP contribution is 2.43. The Hall–Kier alpha value is -9.03. The van der Waals surface area contributed by atoms with Gasteiger partial charge in [0.05, 0.1) is 33.5 Å². The molecule has 362 valence electrons. The molecule has 15 rings (SSSR count). The van der Waals surface area contributed by atoms with Gasteiger partial charge in [0.15, 0.2) is 0 Å². The van der Waals surface area contributed by atoms with Crippen molar-refractivity contribution in [2.75, 3.05) is 0 Å². The van der Waals surface area contributed by atoms with Crippen LogP contribution in [0, 0.1) is 41.5 Å². The number of thiophene rings is 1. The second-order valence-electron chi connectivity index (χ2n) is 21.1. The summed E-state index contributed by atoms with van der Waals surface area (Å²) in [7, 11) is 0. The molecule has 0 fully saturated rings. The van der Waals surface area contributed by atoms with Crippen LogP contribution in [0.1, 0.15) is 33.4 Å². The molecule has 0 bridgehead atoms. The van der Waals surface area contributed by atoms with Crippen LogP contribution in [0.2, 0.25) is 0 Å². The lowest BCUT2D eigenvalue weighted by molar-refractivity contribution is 0.669. The van der Waals surface area contributed by atoms with Crippen molar-refractivity contribution >= 4 is 97.1 Å². The lowest BCUT2D eigenvalue weighted by Gasteiger charge is -2.13. The monoisotopic (exact) mass is 993 g/mol. The molecular formula is C71H51N3OS. The van der Waals surface area contributed by atoms with Crippen LogP contribution in [0.4, 0.5) is 0 Å². The van der Waals surface area contributed by atoms with Gasteiger partial charge in [-0.25, -0.2) is 4.98 Å². The molecule has 0 amide bonds. The van der Waals surface area contributed by atoms with E-state index >= 15 is 0 Å². The largest absolute Gasteiger partial charge is 0.456 e. The second kappa shape index (κ2) is 16.7. The molecule has 0 atom stereocenters. The number of hydrogen-bond donors (Lipinski definition) is 0. The van der Waals surface area contributed by atoms with Gasteiger partial charge in [0.25, 0.3) is 0 Å². The number of pyridine rings is 1. The molecule has 10 aromatic carbocycles. The van der Waals surface area contributed by atoms with Crippen LogP contribution in [0.3, 0.4) is 0 Å². The molecular weight excluding hydrogens is 943 g/mol. The van der Waals surface area contributed by atoms with Crippen molar-refractivity contribution in [3.63, 3.8) is 0 Å². The molecule has 0 unspecified atom stereocenters. The Labute approximate surface area is 444 Å². The highest BCUT2D eigenvalue weighted by molar-refractivity contribution is 7.25. The normalized spacial score (nSPS) is 12.1. The van der Waals surface area contributed by atoms with Gasteiger partial charge in [-0.3, -0.25) is 0 Å². The molecule has 0 saturated heterocycles. The van der Waals surface area contributed by atoms with Gasteiger partial charge in [-0.2, -0.15) is 0 Å². The summed E-state index contributed by atoms with van der Waals surface area (Å²) in [5.41, 5.74) is 25.4. The van der Waals surface area contributed by atoms with Crippen molar-refractivity contribution in [3.05, 3.63) is 234 Å². The molecule has 0 saturated carbocycles. The molecule has 0 radical (unpaired) electrons. The average molecular weight is 994 g/mol. The number of aromatic nitrogens is 3. The van der Waals surface area contributed by atoms with E-state index in [0.29, 0.717) is 0 Å². The predicted octanol–water partition coefficient (Wildman–Crippen LogP) is 20.1. The SMILES string of the molecule is Cc1cc(C)c(-c2ccc3c(c2)c2cc(-c4cccc(-c5ccc6c(c5)c5cc(-c7c(C)cc(C)cc7C)ccc5n6-c5ccc6sc7ccccc7c6c5)n4)ccc2n3-c2ccc3oc4ccccc4c3c2)c(C)c1. The molecule has 0 spiro atoms. The molecule has 0 aliphatic rings. The summed E-state index contributed by atoms with van der Waals surface area (Å²) in [4.78, 5) is 5.50. The van der Waals surface area contributed by atoms with E-state index in [1.54, 1.807) is 0 Å². The summed E-state index contributed by atoms with van der Waals surface area (Å²) in [5.74, 6) is 0. The molecule has 0 aliphatic heterocycles. The van der Waals surface area contributed by atoms with Gasteiger partial charge in [-0.1, -0.05) is 102 Å². The smallest absolute Gasteiger partial charge is 0.135 e. The van der Waals surface area contributed by atoms with Crippen molar-refractivity contribution in [3.8, 4) is 56.1 Å². The Kier molecular flexibility index (Phi) is 9.79. The molecule has 76 heavy (non-hydrogen) atoms. The van der Waals surface area contributed by atoms with Gasteiger partial charge in [0.2, 0.25) is 0 Å². The van der Waals surface area contributed by atoms with E-state index in [2.05, 4.69) is 239 Å². The summed E-state index contributed by atoms with van der Waals surface area (Å²) in [6.07, 6.45) is 0. The minimum atomic E-state index is 0.887. The van der Waals surface area contributed by atoms with Crippen molar-refractivity contribution in [2.24, 2.45) is 0 Å². The Bertz CT molecular complexity index is 4600. The minimum Gasteiger partial charge on any atom is -0.456 e. The fourth-order valence-electron chi connectivity index (χ4n) is 13.0. The van der Waals surface area contributed by atoms with E-state index in [1.807, 2.05) is 23.5 Å². The number of aryl methyl sites for hydroxylation is 6. The van der Waals surface area contributed by atoms with Crippen molar-refractivity contribution < 1.29 is 4.42 Å². The number of nitrogens with zero attached hydrogens (tertiary/aromatic N) is 3. The fraction of sp³-hybridized carbons (Fsp3) is 0.0845. The third-order valence-electron chi connectivity index (χ3n) is 16.0. The summed E-state index contributed by atoms with van der Waals surface area (Å²) in [6, 6.07) is 74.2. The third-order valence-corrected chi connectivity index (χ3v) is 17.2. The maximum Gasteiger partial charge on any atom is 0.135 e. The van der Waals surface area contributed by atoms with Gasteiger partial charge in [0.1, 0.15) is 11.2 Å². The number of benzene rings is 10. The Morgan fingerprint density at radius 3 is 1.32 bits per heavy atom. The summed E-state index contributed by atoms with van der Waals surface area (Å²) >= 11 is 1.86. The van der Waals surface area contributed by atoms with Crippen molar-refractivity contribution in [2.45, 2.75) is 41.5 Å². The second-order valence-corrected chi connectivity index (χ2v) is 22.2. The summed E-state index contributed by atoms with van der Waals surface area (Å²) < 4.78 is 13.8. The van der Waals surface area contributed by atoms with Crippen LogP contribution in [0.5, 0.6) is 0 Å². The topological polar surface area (TPSA) is 35.9 Å². The van der Waals surface area contributed by atoms with Gasteiger partial charge in [-0.05, 0) is 195 Å². The molecule has 15 aromatic rings. The molecule has 5 heteroatoms. The van der Waals surface area contributed by atoms with E-state index in [4.69, 9.17) is 9.40 Å². The third kappa shape index (κ3) is 6.85. The van der Waals surface area contributed by atoms with E-state index in [0.717, 1.165) is 66.9 Å². The maximum absolute atomic E-state index is 6.30. The Balaban J connectivity index is 0.897. The first-order chi connectivity index (χ1) is 37.1. The highest BCUT2D eigenvalue weighted by atomic mass is 32.1. The Morgan fingerprint density at radius 1 is 0.329 bits per heavy atom. The van der Waals surface area contributed by atoms with Gasteiger partial charge < -0.3 is 13.6 Å². The maximum atomic E-state index is 6.30.